The van der Waals surface area contributed by atoms with Crippen LogP contribution in [0.2, 0.25) is 0 Å². The zero-order chi connectivity index (χ0) is 17.7. The van der Waals surface area contributed by atoms with Gasteiger partial charge in [-0.25, -0.2) is 9.59 Å². The van der Waals surface area contributed by atoms with Gasteiger partial charge in [0, 0.05) is 37.8 Å². The van der Waals surface area contributed by atoms with Crippen LogP contribution in [0.5, 0.6) is 0 Å². The number of rotatable bonds is 7. The highest BCUT2D eigenvalue weighted by Crippen LogP contribution is 2.14. The number of hydroxylamine groups is 4. The highest BCUT2D eigenvalue weighted by atomic mass is 16.7. The molecule has 2 rings (SSSR count). The number of unbranched alkanes of at least 4 members (excludes halogenated alkanes) is 1. The molecule has 0 spiro atoms. The molecule has 0 unspecified atom stereocenters. The van der Waals surface area contributed by atoms with Crippen molar-refractivity contribution in [3.05, 3.63) is 12.2 Å². The van der Waals surface area contributed by atoms with Crippen LogP contribution in [-0.2, 0) is 38.4 Å². The monoisotopic (exact) mass is 338 g/mol. The van der Waals surface area contributed by atoms with Crippen LogP contribution >= 0.6 is 0 Å². The standard InChI is InChI=1S/C14H14N2O8/c17-9-5-6-10(18)15(9)23-13(21)3-1-2-4-14(22)24-16-11(19)7-8-12(16)20/h5-6H,1-4,7-8H2. The van der Waals surface area contributed by atoms with Gasteiger partial charge in [-0.3, -0.25) is 19.2 Å². The molecule has 1 saturated heterocycles. The van der Waals surface area contributed by atoms with Crippen molar-refractivity contribution >= 4 is 35.6 Å². The fourth-order valence-corrected chi connectivity index (χ4v) is 1.97. The van der Waals surface area contributed by atoms with Crippen LogP contribution < -0.4 is 0 Å². The van der Waals surface area contributed by atoms with E-state index < -0.39 is 35.6 Å². The van der Waals surface area contributed by atoms with Gasteiger partial charge in [-0.05, 0) is 12.8 Å². The molecule has 0 atom stereocenters. The minimum atomic E-state index is -0.793. The lowest BCUT2D eigenvalue weighted by atomic mass is 10.2. The molecule has 0 bridgehead atoms. The highest BCUT2D eigenvalue weighted by molar-refractivity contribution is 6.12. The summed E-state index contributed by atoms with van der Waals surface area (Å²) in [6.07, 6.45) is 2.24. The van der Waals surface area contributed by atoms with Crippen LogP contribution in [0.1, 0.15) is 38.5 Å². The molecule has 1 fully saturated rings. The Hall–Kier alpha value is -3.04. The summed E-state index contributed by atoms with van der Waals surface area (Å²) in [4.78, 5) is 77.1. The van der Waals surface area contributed by atoms with E-state index in [0.29, 0.717) is 10.1 Å². The second-order valence-electron chi connectivity index (χ2n) is 5.02. The number of amides is 4. The number of imide groups is 2. The van der Waals surface area contributed by atoms with Crippen LogP contribution in [0.3, 0.4) is 0 Å². The van der Waals surface area contributed by atoms with Crippen molar-refractivity contribution < 1.29 is 38.4 Å². The Morgan fingerprint density at radius 1 is 0.792 bits per heavy atom. The molecule has 24 heavy (non-hydrogen) atoms. The first-order chi connectivity index (χ1) is 11.4. The third-order valence-corrected chi connectivity index (χ3v) is 3.17. The first-order valence-electron chi connectivity index (χ1n) is 7.22. The zero-order valence-electron chi connectivity index (χ0n) is 12.6. The summed E-state index contributed by atoms with van der Waals surface area (Å²) >= 11 is 0. The van der Waals surface area contributed by atoms with Crippen LogP contribution in [0, 0.1) is 0 Å². The van der Waals surface area contributed by atoms with Crippen molar-refractivity contribution in [3.63, 3.8) is 0 Å². The van der Waals surface area contributed by atoms with Crippen LogP contribution in [-0.4, -0.2) is 45.7 Å². The van der Waals surface area contributed by atoms with Crippen molar-refractivity contribution in [2.24, 2.45) is 0 Å². The molecule has 0 aromatic heterocycles. The normalized spacial score (nSPS) is 17.0. The minimum Gasteiger partial charge on any atom is -0.330 e. The second-order valence-corrected chi connectivity index (χ2v) is 5.02. The molecule has 0 saturated carbocycles. The van der Waals surface area contributed by atoms with E-state index in [0.717, 1.165) is 12.2 Å². The molecule has 0 aromatic rings. The van der Waals surface area contributed by atoms with E-state index in [9.17, 15) is 28.8 Å². The fourth-order valence-electron chi connectivity index (χ4n) is 1.97. The Morgan fingerprint density at radius 2 is 1.21 bits per heavy atom. The molecule has 0 aliphatic carbocycles. The van der Waals surface area contributed by atoms with Crippen molar-refractivity contribution in [3.8, 4) is 0 Å². The Bertz CT molecular complexity index is 587. The van der Waals surface area contributed by atoms with Gasteiger partial charge < -0.3 is 9.68 Å². The largest absolute Gasteiger partial charge is 0.333 e. The van der Waals surface area contributed by atoms with Gasteiger partial charge in [0.05, 0.1) is 0 Å². The summed E-state index contributed by atoms with van der Waals surface area (Å²) < 4.78 is 0. The van der Waals surface area contributed by atoms with E-state index in [-0.39, 0.29) is 38.5 Å². The minimum absolute atomic E-state index is 0.0146. The third kappa shape index (κ3) is 4.24. The summed E-state index contributed by atoms with van der Waals surface area (Å²) in [7, 11) is 0. The molecule has 2 aliphatic heterocycles. The van der Waals surface area contributed by atoms with Crippen molar-refractivity contribution in [1.82, 2.24) is 10.1 Å². The first kappa shape index (κ1) is 17.3. The summed E-state index contributed by atoms with van der Waals surface area (Å²) in [5, 5.41) is 0.801. The molecule has 0 aromatic carbocycles. The lowest BCUT2D eigenvalue weighted by molar-refractivity contribution is -0.197. The van der Waals surface area contributed by atoms with Gasteiger partial charge in [-0.15, -0.1) is 5.06 Å². The Morgan fingerprint density at radius 3 is 1.67 bits per heavy atom. The molecular formula is C14H14N2O8. The lowest BCUT2D eigenvalue weighted by Gasteiger charge is -2.13. The van der Waals surface area contributed by atoms with Gasteiger partial charge in [-0.1, -0.05) is 5.06 Å². The predicted octanol–water partition coefficient (Wildman–Crippen LogP) is -0.463. The third-order valence-electron chi connectivity index (χ3n) is 3.17. The topological polar surface area (TPSA) is 127 Å². The zero-order valence-corrected chi connectivity index (χ0v) is 12.6. The molecular weight excluding hydrogens is 324 g/mol. The van der Waals surface area contributed by atoms with Gasteiger partial charge in [-0.2, -0.15) is 0 Å². The number of hydrogen-bond acceptors (Lipinski definition) is 8. The van der Waals surface area contributed by atoms with Crippen LogP contribution in [0.15, 0.2) is 12.2 Å². The van der Waals surface area contributed by atoms with E-state index in [4.69, 9.17) is 0 Å². The molecule has 0 N–H and O–H groups in total. The maximum absolute atomic E-state index is 11.5. The molecule has 2 heterocycles. The SMILES string of the molecule is O=C(CCCCC(=O)ON1C(=O)CCC1=O)ON1C(=O)C=CC1=O. The lowest BCUT2D eigenvalue weighted by Crippen LogP contribution is -2.32. The van der Waals surface area contributed by atoms with Gasteiger partial charge in [0.2, 0.25) is 0 Å². The first-order valence-corrected chi connectivity index (χ1v) is 7.22. The smallest absolute Gasteiger partial charge is 0.330 e. The maximum Gasteiger partial charge on any atom is 0.333 e. The average Bonchev–Trinajstić information content (AvgIpc) is 3.01. The predicted molar refractivity (Wildman–Crippen MR) is 72.7 cm³/mol. The summed E-state index contributed by atoms with van der Waals surface area (Å²) in [6.45, 7) is 0. The van der Waals surface area contributed by atoms with Gasteiger partial charge >= 0.3 is 11.9 Å². The van der Waals surface area contributed by atoms with E-state index in [2.05, 4.69) is 9.68 Å². The van der Waals surface area contributed by atoms with Crippen LogP contribution in [0.25, 0.3) is 0 Å². The quantitative estimate of drug-likeness (QED) is 0.450. The molecule has 0 radical (unpaired) electrons. The van der Waals surface area contributed by atoms with E-state index in [1.165, 1.54) is 0 Å². The van der Waals surface area contributed by atoms with E-state index in [1.807, 2.05) is 0 Å². The number of carbonyl (C=O) groups excluding carboxylic acids is 6. The summed E-state index contributed by atoms with van der Waals surface area (Å²) in [5.74, 6) is -4.16. The highest BCUT2D eigenvalue weighted by Gasteiger charge is 2.32. The molecule has 10 heteroatoms. The summed E-state index contributed by atoms with van der Waals surface area (Å²) in [6, 6.07) is 0. The second kappa shape index (κ2) is 7.49. The van der Waals surface area contributed by atoms with Crippen molar-refractivity contribution in [2.45, 2.75) is 38.5 Å². The van der Waals surface area contributed by atoms with E-state index in [1.54, 1.807) is 0 Å². The van der Waals surface area contributed by atoms with Crippen molar-refractivity contribution in [2.75, 3.05) is 0 Å². The summed E-state index contributed by atoms with van der Waals surface area (Å²) in [5.41, 5.74) is 0. The molecule has 128 valence electrons. The molecule has 2 aliphatic rings. The molecule has 4 amide bonds. The van der Waals surface area contributed by atoms with Gasteiger partial charge in [0.1, 0.15) is 0 Å². The van der Waals surface area contributed by atoms with Crippen LogP contribution in [0.4, 0.5) is 0 Å². The van der Waals surface area contributed by atoms with E-state index >= 15 is 0 Å². The van der Waals surface area contributed by atoms with Gasteiger partial charge in [0.15, 0.2) is 0 Å². The number of carbonyl (C=O) groups is 6. The Kier molecular flexibility index (Phi) is 5.40. The number of nitrogens with zero attached hydrogens (tertiary/aromatic N) is 2. The maximum atomic E-state index is 11.5. The Balaban J connectivity index is 1.62. The molecule has 10 nitrogen and oxygen atoms in total. The average molecular weight is 338 g/mol. The van der Waals surface area contributed by atoms with Crippen molar-refractivity contribution in [1.29, 1.82) is 0 Å². The fraction of sp³-hybridized carbons (Fsp3) is 0.429. The van der Waals surface area contributed by atoms with Gasteiger partial charge in [0.25, 0.3) is 23.6 Å². The number of hydrogen-bond donors (Lipinski definition) is 0. The Labute approximate surface area is 135 Å².